The molecule has 0 unspecified atom stereocenters. The van der Waals surface area contributed by atoms with E-state index in [0.29, 0.717) is 0 Å². The maximum absolute atomic E-state index is 10.6. The summed E-state index contributed by atoms with van der Waals surface area (Å²) in [5.41, 5.74) is 0.243. The molecule has 4 heteroatoms. The second-order valence-electron chi connectivity index (χ2n) is 1.85. The average Bonchev–Trinajstić information content (AvgIpc) is 2.13. The number of aliphatic hydroxyl groups excluding tert-OH is 1. The topological polar surface area (TPSA) is 63.6 Å². The molecule has 4 nitrogen and oxygen atoms in total. The summed E-state index contributed by atoms with van der Waals surface area (Å²) in [7, 11) is 0. The molecule has 0 saturated heterocycles. The number of cyclic esters (lactones) is 2. The lowest BCUT2D eigenvalue weighted by Gasteiger charge is -1.91. The maximum Gasteiger partial charge on any atom is 0.342 e. The van der Waals surface area contributed by atoms with Gasteiger partial charge in [-0.05, 0) is 0 Å². The maximum atomic E-state index is 10.6. The van der Waals surface area contributed by atoms with E-state index in [4.69, 9.17) is 5.11 Å². The Morgan fingerprint density at radius 1 is 1.50 bits per heavy atom. The largest absolute Gasteiger partial charge is 0.396 e. The van der Waals surface area contributed by atoms with Crippen LogP contribution in [0.25, 0.3) is 0 Å². The third-order valence-electron chi connectivity index (χ3n) is 1.13. The number of aliphatic hydroxyl groups is 1. The van der Waals surface area contributed by atoms with E-state index >= 15 is 0 Å². The molecule has 0 amide bonds. The fourth-order valence-electron chi connectivity index (χ4n) is 0.682. The molecule has 0 aromatic carbocycles. The van der Waals surface area contributed by atoms with Crippen molar-refractivity contribution >= 4 is 11.9 Å². The first-order chi connectivity index (χ1) is 4.74. The van der Waals surface area contributed by atoms with Gasteiger partial charge in [0.05, 0.1) is 0 Å². The SMILES string of the molecule is O=C1C=C(CCO)C(=O)O1. The lowest BCUT2D eigenvalue weighted by molar-refractivity contribution is -0.150. The van der Waals surface area contributed by atoms with Gasteiger partial charge in [-0.3, -0.25) is 0 Å². The lowest BCUT2D eigenvalue weighted by atomic mass is 10.2. The minimum Gasteiger partial charge on any atom is -0.396 e. The molecule has 0 spiro atoms. The fourth-order valence-corrected chi connectivity index (χ4v) is 0.682. The molecule has 10 heavy (non-hydrogen) atoms. The van der Waals surface area contributed by atoms with Crippen molar-refractivity contribution in [1.82, 2.24) is 0 Å². The number of carbonyl (C=O) groups is 2. The predicted molar refractivity (Wildman–Crippen MR) is 30.9 cm³/mol. The Morgan fingerprint density at radius 3 is 2.60 bits per heavy atom. The average molecular weight is 142 g/mol. The van der Waals surface area contributed by atoms with Crippen molar-refractivity contribution in [2.24, 2.45) is 0 Å². The summed E-state index contributed by atoms with van der Waals surface area (Å²) in [5, 5.41) is 8.37. The number of carbonyl (C=O) groups excluding carboxylic acids is 2. The molecule has 0 aliphatic carbocycles. The molecule has 0 aromatic rings. The highest BCUT2D eigenvalue weighted by Gasteiger charge is 2.22. The summed E-state index contributed by atoms with van der Waals surface area (Å²) in [6, 6.07) is 0. The van der Waals surface area contributed by atoms with Crippen LogP contribution in [0.4, 0.5) is 0 Å². The number of rotatable bonds is 2. The Bertz CT molecular complexity index is 204. The molecular formula is C6H6O4. The van der Waals surface area contributed by atoms with Gasteiger partial charge in [-0.1, -0.05) is 0 Å². The van der Waals surface area contributed by atoms with Crippen LogP contribution in [0.15, 0.2) is 11.6 Å². The van der Waals surface area contributed by atoms with Gasteiger partial charge in [0, 0.05) is 24.7 Å². The van der Waals surface area contributed by atoms with Gasteiger partial charge in [0.2, 0.25) is 0 Å². The smallest absolute Gasteiger partial charge is 0.342 e. The molecule has 1 aliphatic heterocycles. The molecule has 0 atom stereocenters. The van der Waals surface area contributed by atoms with Crippen molar-refractivity contribution < 1.29 is 19.4 Å². The van der Waals surface area contributed by atoms with Crippen molar-refractivity contribution in [3.63, 3.8) is 0 Å². The van der Waals surface area contributed by atoms with Crippen molar-refractivity contribution in [2.75, 3.05) is 6.61 Å². The zero-order chi connectivity index (χ0) is 7.56. The van der Waals surface area contributed by atoms with Crippen LogP contribution in [0.2, 0.25) is 0 Å². The minimum absolute atomic E-state index is 0.145. The molecule has 0 bridgehead atoms. The zero-order valence-corrected chi connectivity index (χ0v) is 5.16. The van der Waals surface area contributed by atoms with E-state index in [-0.39, 0.29) is 18.6 Å². The molecule has 1 heterocycles. The number of ether oxygens (including phenoxy) is 1. The van der Waals surface area contributed by atoms with Crippen LogP contribution in [0.1, 0.15) is 6.42 Å². The second-order valence-corrected chi connectivity index (χ2v) is 1.85. The highest BCUT2D eigenvalue weighted by molar-refractivity contribution is 6.08. The zero-order valence-electron chi connectivity index (χ0n) is 5.16. The normalized spacial score (nSPS) is 17.1. The Hall–Kier alpha value is -1.16. The Labute approximate surface area is 57.1 Å². The molecule has 0 fully saturated rings. The first-order valence-corrected chi connectivity index (χ1v) is 2.81. The van der Waals surface area contributed by atoms with Crippen LogP contribution in [-0.4, -0.2) is 23.7 Å². The van der Waals surface area contributed by atoms with Gasteiger partial charge in [0.15, 0.2) is 0 Å². The monoisotopic (exact) mass is 142 g/mol. The summed E-state index contributed by atoms with van der Waals surface area (Å²) < 4.78 is 4.14. The van der Waals surface area contributed by atoms with Crippen LogP contribution in [0.5, 0.6) is 0 Å². The van der Waals surface area contributed by atoms with E-state index in [0.717, 1.165) is 6.08 Å². The summed E-state index contributed by atoms with van der Waals surface area (Å²) in [6.07, 6.45) is 1.28. The Balaban J connectivity index is 2.65. The summed E-state index contributed by atoms with van der Waals surface area (Å²) >= 11 is 0. The highest BCUT2D eigenvalue weighted by atomic mass is 16.6. The Kier molecular flexibility index (Phi) is 1.82. The van der Waals surface area contributed by atoms with E-state index in [1.807, 2.05) is 0 Å². The summed E-state index contributed by atoms with van der Waals surface area (Å²) in [4.78, 5) is 20.9. The molecule has 1 N–H and O–H groups in total. The van der Waals surface area contributed by atoms with E-state index < -0.39 is 11.9 Å². The third kappa shape index (κ3) is 1.22. The van der Waals surface area contributed by atoms with Crippen molar-refractivity contribution in [2.45, 2.75) is 6.42 Å². The number of hydrogen-bond acceptors (Lipinski definition) is 4. The van der Waals surface area contributed by atoms with Gasteiger partial charge in [0.25, 0.3) is 0 Å². The van der Waals surface area contributed by atoms with Crippen LogP contribution in [0.3, 0.4) is 0 Å². The molecular weight excluding hydrogens is 136 g/mol. The fraction of sp³-hybridized carbons (Fsp3) is 0.333. The first-order valence-electron chi connectivity index (χ1n) is 2.81. The van der Waals surface area contributed by atoms with Crippen molar-refractivity contribution in [1.29, 1.82) is 0 Å². The van der Waals surface area contributed by atoms with E-state index in [9.17, 15) is 9.59 Å². The number of esters is 2. The third-order valence-corrected chi connectivity index (χ3v) is 1.13. The Morgan fingerprint density at radius 2 is 2.20 bits per heavy atom. The van der Waals surface area contributed by atoms with Gasteiger partial charge in [-0.25, -0.2) is 9.59 Å². The van der Waals surface area contributed by atoms with Crippen LogP contribution >= 0.6 is 0 Å². The van der Waals surface area contributed by atoms with E-state index in [1.165, 1.54) is 0 Å². The standard InChI is InChI=1S/C6H6O4/c7-2-1-4-3-5(8)10-6(4)9/h3,7H,1-2H2. The van der Waals surface area contributed by atoms with Crippen LogP contribution in [-0.2, 0) is 14.3 Å². The summed E-state index contributed by atoms with van der Waals surface area (Å²) in [5.74, 6) is -1.28. The van der Waals surface area contributed by atoms with Crippen molar-refractivity contribution in [3.8, 4) is 0 Å². The van der Waals surface area contributed by atoms with Crippen LogP contribution in [0, 0.1) is 0 Å². The van der Waals surface area contributed by atoms with Gasteiger partial charge in [-0.15, -0.1) is 0 Å². The van der Waals surface area contributed by atoms with Gasteiger partial charge in [0.1, 0.15) is 0 Å². The molecule has 0 radical (unpaired) electrons. The first kappa shape index (κ1) is 6.95. The van der Waals surface area contributed by atoms with E-state index in [2.05, 4.69) is 4.74 Å². The van der Waals surface area contributed by atoms with Crippen molar-refractivity contribution in [3.05, 3.63) is 11.6 Å². The molecule has 54 valence electrons. The van der Waals surface area contributed by atoms with Crippen LogP contribution < -0.4 is 0 Å². The lowest BCUT2D eigenvalue weighted by Crippen LogP contribution is -2.02. The van der Waals surface area contributed by atoms with Gasteiger partial charge < -0.3 is 9.84 Å². The minimum atomic E-state index is -0.645. The molecule has 1 aliphatic rings. The highest BCUT2D eigenvalue weighted by Crippen LogP contribution is 2.10. The van der Waals surface area contributed by atoms with E-state index in [1.54, 1.807) is 0 Å². The predicted octanol–water partition coefficient (Wildman–Crippen LogP) is -0.621. The number of hydrogen-bond donors (Lipinski definition) is 1. The quantitative estimate of drug-likeness (QED) is 0.412. The molecule has 0 saturated carbocycles. The van der Waals surface area contributed by atoms with Gasteiger partial charge >= 0.3 is 11.9 Å². The second kappa shape index (κ2) is 2.62. The van der Waals surface area contributed by atoms with Gasteiger partial charge in [-0.2, -0.15) is 0 Å². The molecule has 1 rings (SSSR count). The molecule has 0 aromatic heterocycles. The summed E-state index contributed by atoms with van der Waals surface area (Å²) in [6.45, 7) is -0.145.